The summed E-state index contributed by atoms with van der Waals surface area (Å²) in [5.41, 5.74) is 0.945. The number of para-hydroxylation sites is 2. The van der Waals surface area contributed by atoms with Crippen molar-refractivity contribution in [1.29, 1.82) is 0 Å². The van der Waals surface area contributed by atoms with E-state index < -0.39 is 5.60 Å². The molecule has 8 nitrogen and oxygen atoms in total. The summed E-state index contributed by atoms with van der Waals surface area (Å²) in [6, 6.07) is 13.6. The number of pyridine rings is 1. The number of rotatable bonds is 7. The number of imidazole rings is 1. The number of nitrogens with zero attached hydrogens (tertiary/aromatic N) is 4. The lowest BCUT2D eigenvalue weighted by Gasteiger charge is -2.39. The number of nitrogens with one attached hydrogen (secondary N) is 1. The van der Waals surface area contributed by atoms with Crippen LogP contribution in [0.1, 0.15) is 18.7 Å². The van der Waals surface area contributed by atoms with E-state index in [0.29, 0.717) is 13.0 Å². The third-order valence-corrected chi connectivity index (χ3v) is 5.49. The van der Waals surface area contributed by atoms with Crippen molar-refractivity contribution in [1.82, 2.24) is 19.9 Å². The summed E-state index contributed by atoms with van der Waals surface area (Å²) in [4.78, 5) is 23.2. The Morgan fingerprint density at radius 3 is 2.90 bits per heavy atom. The molecule has 1 aliphatic heterocycles. The molecule has 8 heteroatoms. The number of anilines is 1. The molecule has 1 fully saturated rings. The number of aliphatic hydroxyl groups is 1. The number of aromatic nitrogens is 3. The molecule has 0 bridgehead atoms. The zero-order chi connectivity index (χ0) is 21.0. The molecule has 1 unspecified atom stereocenters. The third kappa shape index (κ3) is 4.60. The van der Waals surface area contributed by atoms with Gasteiger partial charge in [-0.2, -0.15) is 0 Å². The van der Waals surface area contributed by atoms with Gasteiger partial charge in [-0.05, 0) is 37.1 Å². The van der Waals surface area contributed by atoms with Crippen molar-refractivity contribution < 1.29 is 14.6 Å². The van der Waals surface area contributed by atoms with Gasteiger partial charge in [0.15, 0.2) is 0 Å². The molecule has 2 aromatic heterocycles. The molecule has 3 aromatic rings. The van der Waals surface area contributed by atoms with Crippen LogP contribution in [-0.2, 0) is 23.2 Å². The molecule has 4 rings (SSSR count). The second-order valence-corrected chi connectivity index (χ2v) is 7.78. The maximum atomic E-state index is 12.2. The molecule has 158 valence electrons. The summed E-state index contributed by atoms with van der Waals surface area (Å²) in [5.74, 6) is 1.35. The van der Waals surface area contributed by atoms with Gasteiger partial charge in [0.05, 0.1) is 16.6 Å². The van der Waals surface area contributed by atoms with Crippen LogP contribution in [0.2, 0.25) is 0 Å². The van der Waals surface area contributed by atoms with Gasteiger partial charge in [-0.15, -0.1) is 0 Å². The smallest absolute Gasteiger partial charge is 0.246 e. The predicted octanol–water partition coefficient (Wildman–Crippen LogP) is 1.63. The van der Waals surface area contributed by atoms with Crippen LogP contribution in [0.25, 0.3) is 11.0 Å². The van der Waals surface area contributed by atoms with E-state index in [2.05, 4.69) is 20.2 Å². The number of β-amino-alcohol motifs (C(OH)–C–C–N with tert-alkyl or cyclic N) is 1. The van der Waals surface area contributed by atoms with Gasteiger partial charge in [-0.1, -0.05) is 18.2 Å². The normalized spacial score (nSPS) is 19.2. The molecule has 1 atom stereocenters. The molecule has 0 spiro atoms. The molecule has 0 radical (unpaired) electrons. The summed E-state index contributed by atoms with van der Waals surface area (Å²) in [5, 5.41) is 13.7. The number of ether oxygens (including phenoxy) is 1. The molecular weight excluding hydrogens is 382 g/mol. The van der Waals surface area contributed by atoms with Gasteiger partial charge in [-0.25, -0.2) is 9.97 Å². The van der Waals surface area contributed by atoms with Crippen molar-refractivity contribution in [2.45, 2.75) is 25.0 Å². The minimum absolute atomic E-state index is 0.0801. The molecule has 1 aliphatic rings. The largest absolute Gasteiger partial charge is 0.386 e. The Labute approximate surface area is 175 Å². The molecular formula is C22H27N5O3. The highest BCUT2D eigenvalue weighted by atomic mass is 16.5. The van der Waals surface area contributed by atoms with Gasteiger partial charge >= 0.3 is 0 Å². The lowest BCUT2D eigenvalue weighted by atomic mass is 9.92. The predicted molar refractivity (Wildman–Crippen MR) is 114 cm³/mol. The Bertz CT molecular complexity index is 1010. The Morgan fingerprint density at radius 2 is 2.10 bits per heavy atom. The van der Waals surface area contributed by atoms with Crippen LogP contribution in [0.4, 0.5) is 5.82 Å². The second-order valence-electron chi connectivity index (χ2n) is 7.78. The van der Waals surface area contributed by atoms with E-state index in [1.165, 1.54) is 0 Å². The summed E-state index contributed by atoms with van der Waals surface area (Å²) in [6.07, 6.45) is 3.22. The van der Waals surface area contributed by atoms with Crippen molar-refractivity contribution in [3.05, 3.63) is 54.5 Å². The first-order valence-corrected chi connectivity index (χ1v) is 10.2. The van der Waals surface area contributed by atoms with E-state index in [9.17, 15) is 9.90 Å². The Balaban J connectivity index is 1.25. The first-order valence-electron chi connectivity index (χ1n) is 10.2. The van der Waals surface area contributed by atoms with E-state index >= 15 is 0 Å². The van der Waals surface area contributed by atoms with Crippen LogP contribution < -0.4 is 10.2 Å². The fraction of sp³-hybridized carbons (Fsp3) is 0.409. The summed E-state index contributed by atoms with van der Waals surface area (Å²) in [6.45, 7) is 1.63. The van der Waals surface area contributed by atoms with E-state index in [0.717, 1.165) is 35.6 Å². The van der Waals surface area contributed by atoms with Crippen LogP contribution in [0.15, 0.2) is 48.7 Å². The summed E-state index contributed by atoms with van der Waals surface area (Å²) in [7, 11) is 1.93. The van der Waals surface area contributed by atoms with Crippen molar-refractivity contribution >= 4 is 22.8 Å². The molecule has 0 aliphatic carbocycles. The SMILES string of the molecule is Cn1c(COCC(=O)NCC2(O)CCCN(c3ccccn3)C2)nc2ccccc21. The number of amides is 1. The Morgan fingerprint density at radius 1 is 1.27 bits per heavy atom. The molecule has 1 saturated heterocycles. The summed E-state index contributed by atoms with van der Waals surface area (Å²) < 4.78 is 7.52. The minimum atomic E-state index is -0.983. The number of hydrogen-bond donors (Lipinski definition) is 2. The average Bonchev–Trinajstić information content (AvgIpc) is 3.09. The highest BCUT2D eigenvalue weighted by molar-refractivity contribution is 5.77. The maximum absolute atomic E-state index is 12.2. The third-order valence-electron chi connectivity index (χ3n) is 5.49. The topological polar surface area (TPSA) is 92.5 Å². The molecule has 1 amide bonds. The fourth-order valence-corrected chi connectivity index (χ4v) is 3.87. The van der Waals surface area contributed by atoms with Crippen molar-refractivity contribution in [2.24, 2.45) is 7.05 Å². The zero-order valence-electron chi connectivity index (χ0n) is 17.1. The molecule has 1 aromatic carbocycles. The standard InChI is InChI=1S/C22H27N5O3/c1-26-18-8-3-2-7-17(18)25-20(26)13-30-14-21(28)24-15-22(29)10-6-12-27(16-22)19-9-4-5-11-23-19/h2-5,7-9,11,29H,6,10,12-16H2,1H3,(H,24,28). The van der Waals surface area contributed by atoms with E-state index in [4.69, 9.17) is 4.74 Å². The summed E-state index contributed by atoms with van der Waals surface area (Å²) >= 11 is 0. The fourth-order valence-electron chi connectivity index (χ4n) is 3.87. The second kappa shape index (κ2) is 8.81. The van der Waals surface area contributed by atoms with Gasteiger partial charge < -0.3 is 24.6 Å². The lowest BCUT2D eigenvalue weighted by Crippen LogP contribution is -2.54. The van der Waals surface area contributed by atoms with Gasteiger partial charge in [-0.3, -0.25) is 4.79 Å². The van der Waals surface area contributed by atoms with Crippen LogP contribution in [0.3, 0.4) is 0 Å². The van der Waals surface area contributed by atoms with Crippen molar-refractivity contribution in [2.75, 3.05) is 31.1 Å². The number of piperidine rings is 1. The van der Waals surface area contributed by atoms with Crippen molar-refractivity contribution in [3.63, 3.8) is 0 Å². The highest BCUT2D eigenvalue weighted by Gasteiger charge is 2.34. The van der Waals surface area contributed by atoms with Crippen LogP contribution in [-0.4, -0.2) is 57.4 Å². The Kier molecular flexibility index (Phi) is 5.96. The van der Waals surface area contributed by atoms with Crippen LogP contribution in [0, 0.1) is 0 Å². The lowest BCUT2D eigenvalue weighted by molar-refractivity contribution is -0.127. The Hall–Kier alpha value is -2.97. The number of carbonyl (C=O) groups excluding carboxylic acids is 1. The first kappa shape index (κ1) is 20.3. The number of hydrogen-bond acceptors (Lipinski definition) is 6. The van der Waals surface area contributed by atoms with E-state index in [1.54, 1.807) is 6.20 Å². The minimum Gasteiger partial charge on any atom is -0.386 e. The first-order chi connectivity index (χ1) is 14.5. The van der Waals surface area contributed by atoms with Gasteiger partial charge in [0.25, 0.3) is 0 Å². The number of benzene rings is 1. The number of aryl methyl sites for hydroxylation is 1. The molecule has 30 heavy (non-hydrogen) atoms. The van der Waals surface area contributed by atoms with E-state index in [-0.39, 0.29) is 25.7 Å². The molecule has 2 N–H and O–H groups in total. The molecule has 3 heterocycles. The van der Waals surface area contributed by atoms with E-state index in [1.807, 2.05) is 54.1 Å². The van der Waals surface area contributed by atoms with Crippen LogP contribution in [0.5, 0.6) is 0 Å². The van der Waals surface area contributed by atoms with Gasteiger partial charge in [0.1, 0.15) is 24.9 Å². The quantitative estimate of drug-likeness (QED) is 0.616. The molecule has 0 saturated carbocycles. The monoisotopic (exact) mass is 409 g/mol. The zero-order valence-corrected chi connectivity index (χ0v) is 17.1. The van der Waals surface area contributed by atoms with Gasteiger partial charge in [0, 0.05) is 32.9 Å². The maximum Gasteiger partial charge on any atom is 0.246 e. The highest BCUT2D eigenvalue weighted by Crippen LogP contribution is 2.24. The van der Waals surface area contributed by atoms with Crippen molar-refractivity contribution in [3.8, 4) is 0 Å². The number of fused-ring (bicyclic) bond motifs is 1. The van der Waals surface area contributed by atoms with Gasteiger partial charge in [0.2, 0.25) is 5.91 Å². The number of carbonyl (C=O) groups is 1. The van der Waals surface area contributed by atoms with Crippen LogP contribution >= 0.6 is 0 Å². The average molecular weight is 409 g/mol.